The molecular weight excluding hydrogens is 237 g/mol. The third-order valence-electron chi connectivity index (χ3n) is 3.17. The molecule has 1 saturated heterocycles. The van der Waals surface area contributed by atoms with E-state index < -0.39 is 0 Å². The highest BCUT2D eigenvalue weighted by Gasteiger charge is 2.34. The standard InChI is InChI=1S/C13H16FNOS/c1-15-7-11(13(16)12(8-15)17-2)9-4-3-5-10(14)6-9/h3-6,11-12H,7-8H2,1-2H3. The van der Waals surface area contributed by atoms with Crippen molar-refractivity contribution in [1.29, 1.82) is 0 Å². The van der Waals surface area contributed by atoms with Crippen molar-refractivity contribution in [3.8, 4) is 0 Å². The summed E-state index contributed by atoms with van der Waals surface area (Å²) in [7, 11) is 2.00. The number of carbonyl (C=O) groups is 1. The molecule has 2 atom stereocenters. The smallest absolute Gasteiger partial charge is 0.155 e. The van der Waals surface area contributed by atoms with Crippen LogP contribution in [-0.2, 0) is 4.79 Å². The maximum absolute atomic E-state index is 13.2. The van der Waals surface area contributed by atoms with E-state index in [-0.39, 0.29) is 22.8 Å². The second-order valence-corrected chi connectivity index (χ2v) is 5.50. The Morgan fingerprint density at radius 1 is 1.41 bits per heavy atom. The van der Waals surface area contributed by atoms with Gasteiger partial charge in [0.25, 0.3) is 0 Å². The first kappa shape index (κ1) is 12.6. The summed E-state index contributed by atoms with van der Waals surface area (Å²) < 4.78 is 13.2. The lowest BCUT2D eigenvalue weighted by Gasteiger charge is -2.33. The maximum atomic E-state index is 13.2. The third-order valence-corrected chi connectivity index (χ3v) is 4.12. The van der Waals surface area contributed by atoms with Crippen molar-refractivity contribution in [2.45, 2.75) is 11.2 Å². The van der Waals surface area contributed by atoms with Crippen LogP contribution in [0.4, 0.5) is 4.39 Å². The molecule has 0 N–H and O–H groups in total. The molecule has 1 aromatic rings. The van der Waals surface area contributed by atoms with Gasteiger partial charge in [-0.2, -0.15) is 11.8 Å². The van der Waals surface area contributed by atoms with Crippen molar-refractivity contribution < 1.29 is 9.18 Å². The summed E-state index contributed by atoms with van der Waals surface area (Å²) in [6.45, 7) is 1.46. The fraction of sp³-hybridized carbons (Fsp3) is 0.462. The van der Waals surface area contributed by atoms with Crippen LogP contribution in [-0.4, -0.2) is 42.3 Å². The molecule has 2 nitrogen and oxygen atoms in total. The highest BCUT2D eigenvalue weighted by molar-refractivity contribution is 8.00. The van der Waals surface area contributed by atoms with Crippen LogP contribution in [0.2, 0.25) is 0 Å². The van der Waals surface area contributed by atoms with Crippen molar-refractivity contribution in [1.82, 2.24) is 4.90 Å². The van der Waals surface area contributed by atoms with Gasteiger partial charge in [-0.3, -0.25) is 4.79 Å². The highest BCUT2D eigenvalue weighted by atomic mass is 32.2. The zero-order valence-electron chi connectivity index (χ0n) is 10.0. The molecule has 0 aliphatic carbocycles. The molecule has 0 radical (unpaired) electrons. The molecule has 17 heavy (non-hydrogen) atoms. The van der Waals surface area contributed by atoms with E-state index >= 15 is 0 Å². The molecule has 1 aliphatic heterocycles. The van der Waals surface area contributed by atoms with Gasteiger partial charge in [0.2, 0.25) is 0 Å². The Morgan fingerprint density at radius 2 is 2.18 bits per heavy atom. The van der Waals surface area contributed by atoms with Crippen LogP contribution in [0.15, 0.2) is 24.3 Å². The Hall–Kier alpha value is -0.870. The number of likely N-dealkylation sites (N-methyl/N-ethyl adjacent to an activating group) is 1. The number of rotatable bonds is 2. The van der Waals surface area contributed by atoms with Crippen molar-refractivity contribution in [2.75, 3.05) is 26.4 Å². The number of halogens is 1. The van der Waals surface area contributed by atoms with Crippen molar-refractivity contribution in [3.05, 3.63) is 35.6 Å². The summed E-state index contributed by atoms with van der Waals surface area (Å²) in [6, 6.07) is 6.38. The predicted molar refractivity (Wildman–Crippen MR) is 68.9 cm³/mol. The van der Waals surface area contributed by atoms with Crippen LogP contribution in [0.25, 0.3) is 0 Å². The second-order valence-electron chi connectivity index (χ2n) is 4.46. The quantitative estimate of drug-likeness (QED) is 0.805. The van der Waals surface area contributed by atoms with Gasteiger partial charge in [-0.25, -0.2) is 4.39 Å². The minimum absolute atomic E-state index is 0.00187. The van der Waals surface area contributed by atoms with Gasteiger partial charge in [-0.05, 0) is 31.0 Å². The van der Waals surface area contributed by atoms with Crippen LogP contribution in [0.3, 0.4) is 0 Å². The van der Waals surface area contributed by atoms with E-state index in [2.05, 4.69) is 4.90 Å². The summed E-state index contributed by atoms with van der Waals surface area (Å²) >= 11 is 1.58. The molecule has 2 unspecified atom stereocenters. The van der Waals surface area contributed by atoms with Crippen molar-refractivity contribution >= 4 is 17.5 Å². The highest BCUT2D eigenvalue weighted by Crippen LogP contribution is 2.28. The number of carbonyl (C=O) groups excluding carboxylic acids is 1. The van der Waals surface area contributed by atoms with Crippen LogP contribution in [0.1, 0.15) is 11.5 Å². The predicted octanol–water partition coefficient (Wildman–Crippen LogP) is 2.16. The van der Waals surface area contributed by atoms with Crippen LogP contribution >= 0.6 is 11.8 Å². The lowest BCUT2D eigenvalue weighted by Crippen LogP contribution is -2.45. The Labute approximate surface area is 105 Å². The number of nitrogens with zero attached hydrogens (tertiary/aromatic N) is 1. The van der Waals surface area contributed by atoms with E-state index in [1.54, 1.807) is 17.8 Å². The average Bonchev–Trinajstić information content (AvgIpc) is 2.31. The molecule has 0 spiro atoms. The van der Waals surface area contributed by atoms with Gasteiger partial charge in [0.1, 0.15) is 5.82 Å². The normalized spacial score (nSPS) is 26.2. The number of benzene rings is 1. The van der Waals surface area contributed by atoms with Gasteiger partial charge < -0.3 is 4.90 Å². The van der Waals surface area contributed by atoms with Gasteiger partial charge in [0.15, 0.2) is 5.78 Å². The summed E-state index contributed by atoms with van der Waals surface area (Å²) in [5.41, 5.74) is 0.792. The van der Waals surface area contributed by atoms with E-state index in [0.29, 0.717) is 6.54 Å². The zero-order valence-corrected chi connectivity index (χ0v) is 10.8. The third kappa shape index (κ3) is 2.69. The molecule has 1 aromatic carbocycles. The molecule has 92 valence electrons. The number of ketones is 1. The molecule has 2 rings (SSSR count). The molecule has 0 bridgehead atoms. The van der Waals surface area contributed by atoms with Gasteiger partial charge in [0, 0.05) is 13.1 Å². The van der Waals surface area contributed by atoms with Crippen molar-refractivity contribution in [2.24, 2.45) is 0 Å². The fourth-order valence-corrected chi connectivity index (χ4v) is 3.06. The topological polar surface area (TPSA) is 20.3 Å². The van der Waals surface area contributed by atoms with E-state index in [1.165, 1.54) is 12.1 Å². The number of hydrogen-bond acceptors (Lipinski definition) is 3. The Morgan fingerprint density at radius 3 is 2.82 bits per heavy atom. The van der Waals surface area contributed by atoms with E-state index in [0.717, 1.165) is 12.1 Å². The van der Waals surface area contributed by atoms with E-state index in [9.17, 15) is 9.18 Å². The van der Waals surface area contributed by atoms with Crippen LogP contribution in [0.5, 0.6) is 0 Å². The molecule has 1 heterocycles. The van der Waals surface area contributed by atoms with E-state index in [4.69, 9.17) is 0 Å². The van der Waals surface area contributed by atoms with Gasteiger partial charge in [-0.1, -0.05) is 12.1 Å². The Balaban J connectivity index is 2.27. The lowest BCUT2D eigenvalue weighted by molar-refractivity contribution is -0.122. The Bertz CT molecular complexity index is 424. The molecule has 1 aliphatic rings. The number of likely N-dealkylation sites (tertiary alicyclic amines) is 1. The second kappa shape index (κ2) is 5.19. The number of piperidine rings is 1. The summed E-state index contributed by atoms with van der Waals surface area (Å²) in [6.07, 6.45) is 1.95. The number of hydrogen-bond donors (Lipinski definition) is 0. The molecule has 0 aromatic heterocycles. The van der Waals surface area contributed by atoms with E-state index in [1.807, 2.05) is 19.4 Å². The number of thioether (sulfide) groups is 1. The summed E-state index contributed by atoms with van der Waals surface area (Å²) in [5.74, 6) is -0.243. The van der Waals surface area contributed by atoms with Gasteiger partial charge in [0.05, 0.1) is 11.2 Å². The average molecular weight is 253 g/mol. The maximum Gasteiger partial charge on any atom is 0.155 e. The minimum Gasteiger partial charge on any atom is -0.304 e. The van der Waals surface area contributed by atoms with Gasteiger partial charge >= 0.3 is 0 Å². The molecule has 0 saturated carbocycles. The fourth-order valence-electron chi connectivity index (χ4n) is 2.26. The van der Waals surface area contributed by atoms with Crippen LogP contribution in [0, 0.1) is 5.82 Å². The molecule has 0 amide bonds. The molecule has 1 fully saturated rings. The first-order chi connectivity index (χ1) is 8.11. The first-order valence-electron chi connectivity index (χ1n) is 5.62. The zero-order chi connectivity index (χ0) is 12.4. The molecular formula is C13H16FNOS. The molecule has 4 heteroatoms. The van der Waals surface area contributed by atoms with Gasteiger partial charge in [-0.15, -0.1) is 0 Å². The monoisotopic (exact) mass is 253 g/mol. The Kier molecular flexibility index (Phi) is 3.84. The first-order valence-corrected chi connectivity index (χ1v) is 6.91. The largest absolute Gasteiger partial charge is 0.304 e. The SMILES string of the molecule is CSC1CN(C)CC(c2cccc(F)c2)C1=O. The summed E-state index contributed by atoms with van der Waals surface area (Å²) in [4.78, 5) is 14.4. The van der Waals surface area contributed by atoms with Crippen molar-refractivity contribution in [3.63, 3.8) is 0 Å². The van der Waals surface area contributed by atoms with Crippen LogP contribution < -0.4 is 0 Å². The number of Topliss-reactive ketones (excluding diaryl/α,β-unsaturated/α-hetero) is 1. The lowest BCUT2D eigenvalue weighted by atomic mass is 9.89. The minimum atomic E-state index is -0.274. The summed E-state index contributed by atoms with van der Waals surface area (Å²) in [5, 5.41) is 0.00187.